The molecule has 0 saturated heterocycles. The van der Waals surface area contributed by atoms with Gasteiger partial charge in [-0.2, -0.15) is 0 Å². The van der Waals surface area contributed by atoms with Crippen LogP contribution in [0.15, 0.2) is 0 Å². The summed E-state index contributed by atoms with van der Waals surface area (Å²) in [6, 6.07) is 0.200. The minimum absolute atomic E-state index is 0.0934. The molecule has 4 heteroatoms. The predicted molar refractivity (Wildman–Crippen MR) is 63.6 cm³/mol. The minimum Gasteiger partial charge on any atom is -0.355 e. The Kier molecular flexibility index (Phi) is 7.34. The van der Waals surface area contributed by atoms with Crippen LogP contribution in [0.4, 0.5) is 0 Å². The van der Waals surface area contributed by atoms with Crippen molar-refractivity contribution in [3.8, 4) is 0 Å². The number of likely N-dealkylation sites (N-methyl/N-ethyl adjacent to an activating group) is 1. The van der Waals surface area contributed by atoms with Gasteiger partial charge in [0.15, 0.2) is 0 Å². The maximum Gasteiger partial charge on any atom is 0.234 e. The molecule has 0 spiro atoms. The summed E-state index contributed by atoms with van der Waals surface area (Å²) in [4.78, 5) is 13.4. The highest BCUT2D eigenvalue weighted by Crippen LogP contribution is 1.91. The van der Waals surface area contributed by atoms with Gasteiger partial charge in [0.25, 0.3) is 0 Å². The van der Waals surface area contributed by atoms with E-state index in [2.05, 4.69) is 19.2 Å². The van der Waals surface area contributed by atoms with E-state index in [4.69, 9.17) is 5.73 Å². The second-order valence-corrected chi connectivity index (χ2v) is 4.70. The Hall–Kier alpha value is -0.610. The summed E-state index contributed by atoms with van der Waals surface area (Å²) in [7, 11) is 1.94. The Labute approximate surface area is 93.2 Å². The van der Waals surface area contributed by atoms with Gasteiger partial charge < -0.3 is 11.1 Å². The van der Waals surface area contributed by atoms with Crippen molar-refractivity contribution >= 4 is 5.91 Å². The summed E-state index contributed by atoms with van der Waals surface area (Å²) >= 11 is 0. The molecule has 0 aromatic heterocycles. The van der Waals surface area contributed by atoms with Crippen LogP contribution in [0.1, 0.15) is 27.2 Å². The maximum atomic E-state index is 11.4. The zero-order valence-corrected chi connectivity index (χ0v) is 10.4. The molecule has 0 aliphatic rings. The number of rotatable bonds is 7. The molecule has 0 saturated carbocycles. The van der Waals surface area contributed by atoms with Gasteiger partial charge in [-0.15, -0.1) is 0 Å². The van der Waals surface area contributed by atoms with Gasteiger partial charge in [0.1, 0.15) is 0 Å². The van der Waals surface area contributed by atoms with Gasteiger partial charge in [0.05, 0.1) is 6.54 Å². The van der Waals surface area contributed by atoms with E-state index in [-0.39, 0.29) is 11.9 Å². The molecular formula is C11H25N3O. The molecule has 1 amide bonds. The molecule has 3 N–H and O–H groups in total. The van der Waals surface area contributed by atoms with Crippen molar-refractivity contribution in [2.75, 3.05) is 26.7 Å². The zero-order chi connectivity index (χ0) is 11.8. The van der Waals surface area contributed by atoms with Crippen molar-refractivity contribution in [1.29, 1.82) is 0 Å². The Balaban J connectivity index is 3.57. The fourth-order valence-corrected chi connectivity index (χ4v) is 1.12. The molecule has 1 atom stereocenters. The van der Waals surface area contributed by atoms with Crippen LogP contribution in [-0.4, -0.2) is 43.5 Å². The third kappa shape index (κ3) is 9.69. The molecule has 0 aliphatic heterocycles. The molecule has 0 rings (SSSR count). The number of carbonyl (C=O) groups excluding carboxylic acids is 1. The molecule has 0 aromatic carbocycles. The van der Waals surface area contributed by atoms with Gasteiger partial charge >= 0.3 is 0 Å². The predicted octanol–water partition coefficient (Wildman–Crippen LogP) is 0.428. The topological polar surface area (TPSA) is 58.4 Å². The van der Waals surface area contributed by atoms with E-state index in [1.54, 1.807) is 0 Å². The largest absolute Gasteiger partial charge is 0.355 e. The number of hydrogen-bond donors (Lipinski definition) is 2. The number of nitrogens with two attached hydrogens (primary N) is 1. The van der Waals surface area contributed by atoms with Crippen LogP contribution in [-0.2, 0) is 4.79 Å². The van der Waals surface area contributed by atoms with Gasteiger partial charge in [-0.05, 0) is 32.9 Å². The van der Waals surface area contributed by atoms with Crippen LogP contribution in [0.2, 0.25) is 0 Å². The average Bonchev–Trinajstić information content (AvgIpc) is 2.11. The summed E-state index contributed by atoms with van der Waals surface area (Å²) < 4.78 is 0. The first-order valence-corrected chi connectivity index (χ1v) is 5.62. The molecule has 0 fully saturated rings. The van der Waals surface area contributed by atoms with Crippen molar-refractivity contribution in [2.45, 2.75) is 33.2 Å². The van der Waals surface area contributed by atoms with E-state index >= 15 is 0 Å². The van der Waals surface area contributed by atoms with E-state index in [0.717, 1.165) is 19.5 Å². The Morgan fingerprint density at radius 1 is 1.40 bits per heavy atom. The molecule has 15 heavy (non-hydrogen) atoms. The summed E-state index contributed by atoms with van der Waals surface area (Å²) in [5.74, 6) is 0.596. The van der Waals surface area contributed by atoms with E-state index in [1.165, 1.54) is 0 Å². The second kappa shape index (κ2) is 7.65. The van der Waals surface area contributed by atoms with E-state index in [1.807, 2.05) is 18.9 Å². The molecule has 90 valence electrons. The lowest BCUT2D eigenvalue weighted by Crippen LogP contribution is -2.38. The Morgan fingerprint density at radius 2 is 2.00 bits per heavy atom. The highest BCUT2D eigenvalue weighted by molar-refractivity contribution is 5.77. The normalized spacial score (nSPS) is 13.3. The highest BCUT2D eigenvalue weighted by Gasteiger charge is 2.07. The second-order valence-electron chi connectivity index (χ2n) is 4.70. The van der Waals surface area contributed by atoms with Crippen LogP contribution in [0.3, 0.4) is 0 Å². The van der Waals surface area contributed by atoms with Gasteiger partial charge in [-0.1, -0.05) is 13.8 Å². The molecule has 0 aliphatic carbocycles. The molecular weight excluding hydrogens is 190 g/mol. The van der Waals surface area contributed by atoms with E-state index in [0.29, 0.717) is 12.5 Å². The number of nitrogens with zero attached hydrogens (tertiary/aromatic N) is 1. The van der Waals surface area contributed by atoms with Gasteiger partial charge in [-0.3, -0.25) is 9.69 Å². The van der Waals surface area contributed by atoms with Crippen LogP contribution < -0.4 is 11.1 Å². The third-order valence-corrected chi connectivity index (χ3v) is 2.09. The summed E-state index contributed by atoms with van der Waals surface area (Å²) in [5, 5.41) is 2.89. The monoisotopic (exact) mass is 215 g/mol. The fraction of sp³-hybridized carbons (Fsp3) is 0.909. The zero-order valence-electron chi connectivity index (χ0n) is 10.4. The van der Waals surface area contributed by atoms with Crippen molar-refractivity contribution < 1.29 is 4.79 Å². The number of carbonyl (C=O) groups is 1. The van der Waals surface area contributed by atoms with Crippen molar-refractivity contribution in [2.24, 2.45) is 11.7 Å². The van der Waals surface area contributed by atoms with Crippen LogP contribution >= 0.6 is 0 Å². The Morgan fingerprint density at radius 3 is 2.47 bits per heavy atom. The molecule has 0 aromatic rings. The van der Waals surface area contributed by atoms with E-state index < -0.39 is 0 Å². The third-order valence-electron chi connectivity index (χ3n) is 2.09. The van der Waals surface area contributed by atoms with Crippen LogP contribution in [0.5, 0.6) is 0 Å². The molecule has 0 radical (unpaired) electrons. The first-order valence-electron chi connectivity index (χ1n) is 5.62. The summed E-state index contributed by atoms with van der Waals surface area (Å²) in [6.07, 6.45) is 0.925. The van der Waals surface area contributed by atoms with Crippen LogP contribution in [0.25, 0.3) is 0 Å². The first kappa shape index (κ1) is 14.4. The van der Waals surface area contributed by atoms with Gasteiger partial charge in [0.2, 0.25) is 5.91 Å². The number of hydrogen-bond acceptors (Lipinski definition) is 3. The smallest absolute Gasteiger partial charge is 0.234 e. The van der Waals surface area contributed by atoms with Gasteiger partial charge in [-0.25, -0.2) is 0 Å². The Bertz CT molecular complexity index is 181. The number of nitrogens with one attached hydrogen (secondary N) is 1. The summed E-state index contributed by atoms with van der Waals surface area (Å²) in [6.45, 7) is 8.22. The lowest BCUT2D eigenvalue weighted by Gasteiger charge is -2.17. The lowest BCUT2D eigenvalue weighted by molar-refractivity contribution is -0.122. The summed E-state index contributed by atoms with van der Waals surface area (Å²) in [5.41, 5.74) is 5.64. The fourth-order valence-electron chi connectivity index (χ4n) is 1.12. The average molecular weight is 215 g/mol. The highest BCUT2D eigenvalue weighted by atomic mass is 16.2. The maximum absolute atomic E-state index is 11.4. The van der Waals surface area contributed by atoms with Crippen molar-refractivity contribution in [1.82, 2.24) is 10.2 Å². The SMILES string of the molecule is CC(C)CNC(=O)CN(C)CCC(C)N. The number of amides is 1. The van der Waals surface area contributed by atoms with E-state index in [9.17, 15) is 4.79 Å². The van der Waals surface area contributed by atoms with Crippen molar-refractivity contribution in [3.63, 3.8) is 0 Å². The molecule has 4 nitrogen and oxygen atoms in total. The van der Waals surface area contributed by atoms with Crippen molar-refractivity contribution in [3.05, 3.63) is 0 Å². The minimum atomic E-state index is 0.0934. The van der Waals surface area contributed by atoms with Crippen LogP contribution in [0, 0.1) is 5.92 Å². The standard InChI is InChI=1S/C11H25N3O/c1-9(2)7-13-11(15)8-14(4)6-5-10(3)12/h9-10H,5-8,12H2,1-4H3,(H,13,15). The van der Waals surface area contributed by atoms with Gasteiger partial charge in [0, 0.05) is 12.6 Å². The lowest BCUT2D eigenvalue weighted by atomic mass is 10.2. The first-order chi connectivity index (χ1) is 6.91. The molecule has 0 heterocycles. The molecule has 1 unspecified atom stereocenters. The molecule has 0 bridgehead atoms. The quantitative estimate of drug-likeness (QED) is 0.647.